The molecule has 0 saturated carbocycles. The van der Waals surface area contributed by atoms with Crippen LogP contribution in [-0.4, -0.2) is 41.9 Å². The first kappa shape index (κ1) is 13.4. The quantitative estimate of drug-likeness (QED) is 0.850. The summed E-state index contributed by atoms with van der Waals surface area (Å²) in [7, 11) is 3.16. The number of anilines is 1. The van der Waals surface area contributed by atoms with Gasteiger partial charge in [-0.1, -0.05) is 0 Å². The van der Waals surface area contributed by atoms with Gasteiger partial charge < -0.3 is 19.9 Å². The minimum atomic E-state index is -0.454. The minimum Gasteiger partial charge on any atom is -0.493 e. The Bertz CT molecular complexity index is 572. The van der Waals surface area contributed by atoms with Crippen LogP contribution in [0.4, 0.5) is 5.82 Å². The van der Waals surface area contributed by atoms with E-state index in [9.17, 15) is 5.11 Å². The molecule has 1 heterocycles. The molecule has 0 fully saturated rings. The van der Waals surface area contributed by atoms with Crippen molar-refractivity contribution in [3.8, 4) is 11.5 Å². The zero-order valence-corrected chi connectivity index (χ0v) is 11.2. The zero-order valence-electron chi connectivity index (χ0n) is 11.2. The van der Waals surface area contributed by atoms with E-state index in [1.54, 1.807) is 27.2 Å². The fourth-order valence-corrected chi connectivity index (χ4v) is 1.77. The van der Waals surface area contributed by atoms with E-state index in [2.05, 4.69) is 15.3 Å². The maximum Gasteiger partial charge on any atom is 0.162 e. The van der Waals surface area contributed by atoms with E-state index in [-0.39, 0.29) is 0 Å². The highest BCUT2D eigenvalue weighted by Crippen LogP contribution is 2.33. The van der Waals surface area contributed by atoms with Crippen molar-refractivity contribution >= 4 is 16.7 Å². The van der Waals surface area contributed by atoms with Crippen LogP contribution in [0.2, 0.25) is 0 Å². The lowest BCUT2D eigenvalue weighted by Crippen LogP contribution is -2.16. The molecular formula is C13H17N3O3. The average molecular weight is 263 g/mol. The summed E-state index contributed by atoms with van der Waals surface area (Å²) in [5.74, 6) is 1.90. The van der Waals surface area contributed by atoms with Gasteiger partial charge in [-0.15, -0.1) is 0 Å². The first-order valence-electron chi connectivity index (χ1n) is 5.94. The van der Waals surface area contributed by atoms with Crippen LogP contribution in [0.25, 0.3) is 10.9 Å². The van der Waals surface area contributed by atoms with Crippen molar-refractivity contribution in [2.45, 2.75) is 13.0 Å². The van der Waals surface area contributed by atoms with Crippen molar-refractivity contribution in [1.29, 1.82) is 0 Å². The minimum absolute atomic E-state index is 0.417. The average Bonchev–Trinajstić information content (AvgIpc) is 2.43. The van der Waals surface area contributed by atoms with Crippen LogP contribution in [0.15, 0.2) is 18.5 Å². The maximum atomic E-state index is 9.32. The third-order valence-corrected chi connectivity index (χ3v) is 2.71. The smallest absolute Gasteiger partial charge is 0.162 e. The highest BCUT2D eigenvalue weighted by atomic mass is 16.5. The van der Waals surface area contributed by atoms with Gasteiger partial charge in [-0.2, -0.15) is 0 Å². The van der Waals surface area contributed by atoms with Gasteiger partial charge in [0.2, 0.25) is 0 Å². The lowest BCUT2D eigenvalue weighted by atomic mass is 10.2. The molecule has 1 atom stereocenters. The highest BCUT2D eigenvalue weighted by molar-refractivity contribution is 5.91. The van der Waals surface area contributed by atoms with Crippen LogP contribution in [0.5, 0.6) is 11.5 Å². The Kier molecular flexibility index (Phi) is 4.01. The summed E-state index contributed by atoms with van der Waals surface area (Å²) in [6.45, 7) is 2.13. The van der Waals surface area contributed by atoms with Crippen LogP contribution < -0.4 is 14.8 Å². The molecule has 2 N–H and O–H groups in total. The number of nitrogens with one attached hydrogen (secondary N) is 1. The second-order valence-electron chi connectivity index (χ2n) is 4.18. The Labute approximate surface area is 111 Å². The zero-order chi connectivity index (χ0) is 13.8. The van der Waals surface area contributed by atoms with Crippen LogP contribution in [0, 0.1) is 0 Å². The Balaban J connectivity index is 2.48. The van der Waals surface area contributed by atoms with Crippen molar-refractivity contribution in [1.82, 2.24) is 9.97 Å². The van der Waals surface area contributed by atoms with E-state index >= 15 is 0 Å². The van der Waals surface area contributed by atoms with E-state index in [0.717, 1.165) is 10.9 Å². The number of hydrogen-bond donors (Lipinski definition) is 2. The molecule has 0 saturated heterocycles. The molecule has 2 rings (SSSR count). The van der Waals surface area contributed by atoms with E-state index < -0.39 is 6.10 Å². The summed E-state index contributed by atoms with van der Waals surface area (Å²) in [4.78, 5) is 8.38. The van der Waals surface area contributed by atoms with Gasteiger partial charge in [-0.05, 0) is 13.0 Å². The molecule has 1 aromatic carbocycles. The monoisotopic (exact) mass is 263 g/mol. The maximum absolute atomic E-state index is 9.32. The number of fused-ring (bicyclic) bond motifs is 1. The molecule has 0 aliphatic rings. The molecule has 0 bridgehead atoms. The van der Waals surface area contributed by atoms with E-state index in [1.807, 2.05) is 6.07 Å². The normalized spacial score (nSPS) is 12.2. The Morgan fingerprint density at radius 2 is 1.89 bits per heavy atom. The van der Waals surface area contributed by atoms with Crippen molar-refractivity contribution in [2.75, 3.05) is 26.1 Å². The highest BCUT2D eigenvalue weighted by Gasteiger charge is 2.10. The first-order chi connectivity index (χ1) is 9.15. The van der Waals surface area contributed by atoms with Gasteiger partial charge in [0.1, 0.15) is 12.1 Å². The van der Waals surface area contributed by atoms with Gasteiger partial charge in [0.05, 0.1) is 25.8 Å². The number of ether oxygens (including phenoxy) is 2. The summed E-state index contributed by atoms with van der Waals surface area (Å²) in [6, 6.07) is 3.61. The fraction of sp³-hybridized carbons (Fsp3) is 0.385. The van der Waals surface area contributed by atoms with Gasteiger partial charge in [-0.3, -0.25) is 0 Å². The largest absolute Gasteiger partial charge is 0.493 e. The van der Waals surface area contributed by atoms with E-state index in [4.69, 9.17) is 9.47 Å². The van der Waals surface area contributed by atoms with Gasteiger partial charge in [0.15, 0.2) is 11.5 Å². The second-order valence-corrected chi connectivity index (χ2v) is 4.18. The third-order valence-electron chi connectivity index (χ3n) is 2.71. The number of aliphatic hydroxyl groups is 1. The standard InChI is InChI=1S/C13H17N3O3/c1-8(17)6-14-13-9-4-11(18-2)12(19-3)5-10(9)15-7-16-13/h4-5,7-8,17H,6H2,1-3H3,(H,14,15,16)/t8-/m1/s1. The van der Waals surface area contributed by atoms with Crippen LogP contribution in [0.3, 0.4) is 0 Å². The lowest BCUT2D eigenvalue weighted by Gasteiger charge is -2.12. The molecule has 0 unspecified atom stereocenters. The fourth-order valence-electron chi connectivity index (χ4n) is 1.77. The third kappa shape index (κ3) is 2.85. The molecule has 6 heteroatoms. The Hall–Kier alpha value is -2.08. The molecule has 0 amide bonds. The van der Waals surface area contributed by atoms with E-state index in [0.29, 0.717) is 23.9 Å². The van der Waals surface area contributed by atoms with Crippen LogP contribution in [0.1, 0.15) is 6.92 Å². The Morgan fingerprint density at radius 3 is 2.53 bits per heavy atom. The Morgan fingerprint density at radius 1 is 1.21 bits per heavy atom. The SMILES string of the molecule is COc1cc2ncnc(NC[C@@H](C)O)c2cc1OC. The topological polar surface area (TPSA) is 76.5 Å². The molecular weight excluding hydrogens is 246 g/mol. The molecule has 0 aliphatic heterocycles. The van der Waals surface area contributed by atoms with Crippen molar-refractivity contribution in [2.24, 2.45) is 0 Å². The van der Waals surface area contributed by atoms with Crippen molar-refractivity contribution in [3.05, 3.63) is 18.5 Å². The predicted molar refractivity (Wildman–Crippen MR) is 72.8 cm³/mol. The first-order valence-corrected chi connectivity index (χ1v) is 5.94. The van der Waals surface area contributed by atoms with Crippen LogP contribution in [-0.2, 0) is 0 Å². The van der Waals surface area contributed by atoms with Gasteiger partial charge in [0, 0.05) is 18.0 Å². The second kappa shape index (κ2) is 5.71. The number of hydrogen-bond acceptors (Lipinski definition) is 6. The summed E-state index contributed by atoms with van der Waals surface area (Å²) in [5, 5.41) is 13.2. The summed E-state index contributed by atoms with van der Waals surface area (Å²) >= 11 is 0. The number of nitrogens with zero attached hydrogens (tertiary/aromatic N) is 2. The van der Waals surface area contributed by atoms with Gasteiger partial charge in [-0.25, -0.2) is 9.97 Å². The summed E-state index contributed by atoms with van der Waals surface area (Å²) < 4.78 is 10.5. The van der Waals surface area contributed by atoms with Gasteiger partial charge >= 0.3 is 0 Å². The summed E-state index contributed by atoms with van der Waals surface area (Å²) in [6.07, 6.45) is 1.02. The number of benzene rings is 1. The molecule has 19 heavy (non-hydrogen) atoms. The van der Waals surface area contributed by atoms with E-state index in [1.165, 1.54) is 6.33 Å². The summed E-state index contributed by atoms with van der Waals surface area (Å²) in [5.41, 5.74) is 0.751. The van der Waals surface area contributed by atoms with Crippen molar-refractivity contribution in [3.63, 3.8) is 0 Å². The van der Waals surface area contributed by atoms with Gasteiger partial charge in [0.25, 0.3) is 0 Å². The van der Waals surface area contributed by atoms with Crippen molar-refractivity contribution < 1.29 is 14.6 Å². The number of rotatable bonds is 5. The number of aromatic nitrogens is 2. The molecule has 0 spiro atoms. The molecule has 2 aromatic rings. The number of aliphatic hydroxyl groups excluding tert-OH is 1. The number of methoxy groups -OCH3 is 2. The predicted octanol–water partition coefficient (Wildman–Crippen LogP) is 1.44. The molecule has 102 valence electrons. The molecule has 0 aliphatic carbocycles. The lowest BCUT2D eigenvalue weighted by molar-refractivity contribution is 0.208. The molecule has 1 aromatic heterocycles. The molecule has 0 radical (unpaired) electrons. The molecule has 6 nitrogen and oxygen atoms in total. The van der Waals surface area contributed by atoms with Crippen LogP contribution >= 0.6 is 0 Å².